The first kappa shape index (κ1) is 15.9. The zero-order valence-electron chi connectivity index (χ0n) is 12.7. The second kappa shape index (κ2) is 7.52. The Hall–Kier alpha value is -1.46. The number of nitrogens with one attached hydrogen (secondary N) is 2. The fourth-order valence-electron chi connectivity index (χ4n) is 3.00. The van der Waals surface area contributed by atoms with E-state index in [1.165, 1.54) is 6.07 Å². The van der Waals surface area contributed by atoms with Crippen molar-refractivity contribution in [2.24, 2.45) is 0 Å². The lowest BCUT2D eigenvalue weighted by molar-refractivity contribution is -0.128. The van der Waals surface area contributed by atoms with Crippen LogP contribution in [0.2, 0.25) is 0 Å². The number of halogens is 1. The van der Waals surface area contributed by atoms with E-state index in [0.29, 0.717) is 13.1 Å². The van der Waals surface area contributed by atoms with Gasteiger partial charge in [-0.2, -0.15) is 0 Å². The van der Waals surface area contributed by atoms with E-state index in [1.54, 1.807) is 12.1 Å². The van der Waals surface area contributed by atoms with Crippen molar-refractivity contribution in [3.63, 3.8) is 0 Å². The molecule has 1 aliphatic heterocycles. The van der Waals surface area contributed by atoms with Gasteiger partial charge in [0.1, 0.15) is 11.9 Å². The fourth-order valence-corrected chi connectivity index (χ4v) is 3.00. The summed E-state index contributed by atoms with van der Waals surface area (Å²) in [7, 11) is 0. The van der Waals surface area contributed by atoms with Crippen LogP contribution in [0.25, 0.3) is 0 Å². The highest BCUT2D eigenvalue weighted by molar-refractivity contribution is 5.82. The summed E-state index contributed by atoms with van der Waals surface area (Å²) >= 11 is 0. The summed E-state index contributed by atoms with van der Waals surface area (Å²) in [5.74, 6) is -0.185. The third kappa shape index (κ3) is 3.80. The first-order valence-corrected chi connectivity index (χ1v) is 7.67. The van der Waals surface area contributed by atoms with Crippen molar-refractivity contribution in [1.29, 1.82) is 0 Å². The van der Waals surface area contributed by atoms with Crippen molar-refractivity contribution in [3.05, 3.63) is 35.6 Å². The highest BCUT2D eigenvalue weighted by Gasteiger charge is 2.33. The minimum absolute atomic E-state index is 0.0413. The Kier molecular flexibility index (Phi) is 5.70. The van der Waals surface area contributed by atoms with Crippen LogP contribution >= 0.6 is 0 Å². The molecule has 1 aromatic rings. The zero-order valence-corrected chi connectivity index (χ0v) is 12.7. The fraction of sp³-hybridized carbons (Fsp3) is 0.562. The second-order valence-electron chi connectivity index (χ2n) is 5.33. The first-order valence-electron chi connectivity index (χ1n) is 7.67. The van der Waals surface area contributed by atoms with E-state index < -0.39 is 0 Å². The van der Waals surface area contributed by atoms with Gasteiger partial charge >= 0.3 is 0 Å². The number of rotatable bonds is 5. The third-order valence-electron chi connectivity index (χ3n) is 3.96. The Labute approximate surface area is 125 Å². The van der Waals surface area contributed by atoms with E-state index in [9.17, 15) is 9.18 Å². The molecule has 2 atom stereocenters. The molecule has 1 saturated heterocycles. The predicted molar refractivity (Wildman–Crippen MR) is 81.5 cm³/mol. The summed E-state index contributed by atoms with van der Waals surface area (Å²) in [4.78, 5) is 14.5. The molecule has 0 saturated carbocycles. The molecule has 0 aliphatic carbocycles. The first-order chi connectivity index (χ1) is 10.2. The highest BCUT2D eigenvalue weighted by Crippen LogP contribution is 2.27. The summed E-state index contributed by atoms with van der Waals surface area (Å²) in [5.41, 5.74) is 0.939. The van der Waals surface area contributed by atoms with E-state index in [0.717, 1.165) is 25.1 Å². The summed E-state index contributed by atoms with van der Waals surface area (Å²) < 4.78 is 13.5. The van der Waals surface area contributed by atoms with E-state index in [-0.39, 0.29) is 23.8 Å². The molecule has 0 spiro atoms. The van der Waals surface area contributed by atoms with Crippen molar-refractivity contribution in [2.75, 3.05) is 26.2 Å². The van der Waals surface area contributed by atoms with Gasteiger partial charge in [-0.3, -0.25) is 9.69 Å². The van der Waals surface area contributed by atoms with Crippen LogP contribution in [0.3, 0.4) is 0 Å². The molecule has 2 unspecified atom stereocenters. The molecule has 1 amide bonds. The Balaban J connectivity index is 2.23. The molecule has 4 nitrogen and oxygen atoms in total. The Morgan fingerprint density at radius 2 is 2.33 bits per heavy atom. The van der Waals surface area contributed by atoms with E-state index in [1.807, 2.05) is 13.0 Å². The SMILES string of the molecule is CCNC(=O)C1CNCCN1C(CC)c1cccc(F)c1. The Morgan fingerprint density at radius 1 is 1.52 bits per heavy atom. The molecule has 1 heterocycles. The molecule has 1 aromatic carbocycles. The summed E-state index contributed by atoms with van der Waals surface area (Å²) in [6.45, 7) is 6.89. The standard InChI is InChI=1S/C16H24FN3O/c1-3-14(12-6-5-7-13(17)10-12)20-9-8-18-11-15(20)16(21)19-4-2/h5-7,10,14-15,18H,3-4,8-9,11H2,1-2H3,(H,19,21). The lowest BCUT2D eigenvalue weighted by atomic mass is 9.99. The minimum Gasteiger partial charge on any atom is -0.355 e. The normalized spacial score (nSPS) is 21.0. The quantitative estimate of drug-likeness (QED) is 0.868. The molecule has 0 bridgehead atoms. The number of likely N-dealkylation sites (N-methyl/N-ethyl adjacent to an activating group) is 1. The van der Waals surface area contributed by atoms with Crippen LogP contribution in [-0.4, -0.2) is 43.0 Å². The summed E-state index contributed by atoms with van der Waals surface area (Å²) in [6.07, 6.45) is 0.847. The smallest absolute Gasteiger partial charge is 0.238 e. The number of hydrogen-bond acceptors (Lipinski definition) is 3. The number of amides is 1. The van der Waals surface area contributed by atoms with Crippen molar-refractivity contribution in [2.45, 2.75) is 32.4 Å². The molecule has 5 heteroatoms. The predicted octanol–water partition coefficient (Wildman–Crippen LogP) is 1.69. The van der Waals surface area contributed by atoms with E-state index >= 15 is 0 Å². The molecular weight excluding hydrogens is 269 g/mol. The highest BCUT2D eigenvalue weighted by atomic mass is 19.1. The van der Waals surface area contributed by atoms with Crippen LogP contribution in [0.4, 0.5) is 4.39 Å². The van der Waals surface area contributed by atoms with Crippen LogP contribution in [-0.2, 0) is 4.79 Å². The third-order valence-corrected chi connectivity index (χ3v) is 3.96. The monoisotopic (exact) mass is 293 g/mol. The average molecular weight is 293 g/mol. The van der Waals surface area contributed by atoms with Gasteiger partial charge in [-0.15, -0.1) is 0 Å². The largest absolute Gasteiger partial charge is 0.355 e. The molecule has 1 aliphatic rings. The molecule has 116 valence electrons. The number of hydrogen-bond donors (Lipinski definition) is 2. The van der Waals surface area contributed by atoms with Crippen LogP contribution in [0.1, 0.15) is 31.9 Å². The maximum Gasteiger partial charge on any atom is 0.238 e. The number of benzene rings is 1. The van der Waals surface area contributed by atoms with Crippen molar-refractivity contribution >= 4 is 5.91 Å². The molecule has 2 N–H and O–H groups in total. The van der Waals surface area contributed by atoms with Gasteiger partial charge in [-0.1, -0.05) is 19.1 Å². The molecule has 2 rings (SSSR count). The molecule has 1 fully saturated rings. The van der Waals surface area contributed by atoms with Crippen molar-refractivity contribution in [1.82, 2.24) is 15.5 Å². The van der Waals surface area contributed by atoms with Crippen LogP contribution in [0.5, 0.6) is 0 Å². The van der Waals surface area contributed by atoms with Crippen LogP contribution in [0.15, 0.2) is 24.3 Å². The maximum atomic E-state index is 13.5. The molecule has 21 heavy (non-hydrogen) atoms. The van der Waals surface area contributed by atoms with E-state index in [4.69, 9.17) is 0 Å². The van der Waals surface area contributed by atoms with Gasteiger partial charge in [0.15, 0.2) is 0 Å². The van der Waals surface area contributed by atoms with Gasteiger partial charge in [-0.25, -0.2) is 4.39 Å². The summed E-state index contributed by atoms with van der Waals surface area (Å²) in [6, 6.07) is 6.56. The number of piperazine rings is 1. The Morgan fingerprint density at radius 3 is 3.00 bits per heavy atom. The van der Waals surface area contributed by atoms with Gasteiger partial charge in [0.05, 0.1) is 0 Å². The molecule has 0 radical (unpaired) electrons. The lowest BCUT2D eigenvalue weighted by Crippen LogP contribution is -2.58. The van der Waals surface area contributed by atoms with E-state index in [2.05, 4.69) is 22.5 Å². The van der Waals surface area contributed by atoms with Gasteiger partial charge in [0.25, 0.3) is 0 Å². The number of nitrogens with zero attached hydrogens (tertiary/aromatic N) is 1. The van der Waals surface area contributed by atoms with Gasteiger partial charge in [-0.05, 0) is 31.0 Å². The maximum absolute atomic E-state index is 13.5. The minimum atomic E-state index is -0.226. The van der Waals surface area contributed by atoms with Crippen LogP contribution < -0.4 is 10.6 Å². The number of carbonyl (C=O) groups is 1. The topological polar surface area (TPSA) is 44.4 Å². The van der Waals surface area contributed by atoms with Crippen molar-refractivity contribution < 1.29 is 9.18 Å². The Bertz CT molecular complexity index is 480. The van der Waals surface area contributed by atoms with Gasteiger partial charge in [0, 0.05) is 32.2 Å². The summed E-state index contributed by atoms with van der Waals surface area (Å²) in [5, 5.41) is 6.16. The van der Waals surface area contributed by atoms with Gasteiger partial charge < -0.3 is 10.6 Å². The second-order valence-corrected chi connectivity index (χ2v) is 5.33. The molecular formula is C16H24FN3O. The van der Waals surface area contributed by atoms with Gasteiger partial charge in [0.2, 0.25) is 5.91 Å². The zero-order chi connectivity index (χ0) is 15.2. The molecule has 0 aromatic heterocycles. The lowest BCUT2D eigenvalue weighted by Gasteiger charge is -2.40. The average Bonchev–Trinajstić information content (AvgIpc) is 2.49. The number of carbonyl (C=O) groups excluding carboxylic acids is 1. The van der Waals surface area contributed by atoms with Crippen LogP contribution in [0, 0.1) is 5.82 Å². The van der Waals surface area contributed by atoms with Crippen molar-refractivity contribution in [3.8, 4) is 0 Å².